The molecule has 0 aromatic heterocycles. The Hall–Kier alpha value is -0.610. The van der Waals surface area contributed by atoms with E-state index in [2.05, 4.69) is 10.6 Å². The van der Waals surface area contributed by atoms with Crippen LogP contribution >= 0.6 is 0 Å². The third-order valence-electron chi connectivity index (χ3n) is 3.32. The van der Waals surface area contributed by atoms with Gasteiger partial charge in [0.25, 0.3) is 0 Å². The van der Waals surface area contributed by atoms with Gasteiger partial charge in [-0.15, -0.1) is 0 Å². The fourth-order valence-electron chi connectivity index (χ4n) is 2.03. The molecule has 1 aliphatic heterocycles. The van der Waals surface area contributed by atoms with Gasteiger partial charge in [-0.2, -0.15) is 0 Å². The van der Waals surface area contributed by atoms with Crippen molar-refractivity contribution in [1.29, 1.82) is 0 Å². The quantitative estimate of drug-likeness (QED) is 0.666. The van der Waals surface area contributed by atoms with E-state index in [9.17, 15) is 4.79 Å². The monoisotopic (exact) mass is 226 g/mol. The molecule has 1 atom stereocenters. The molecule has 92 valence electrons. The van der Waals surface area contributed by atoms with Crippen molar-refractivity contribution in [3.63, 3.8) is 0 Å². The number of nitrogens with one attached hydrogen (secondary N) is 2. The normalized spacial score (nSPS) is 24.6. The average molecular weight is 226 g/mol. The Bertz CT molecular complexity index is 223. The molecule has 1 saturated heterocycles. The number of ether oxygens (including phenoxy) is 1. The molecule has 1 heterocycles. The number of amides is 1. The lowest BCUT2D eigenvalue weighted by molar-refractivity contribution is -0.125. The summed E-state index contributed by atoms with van der Waals surface area (Å²) in [4.78, 5) is 11.4. The second kappa shape index (κ2) is 6.21. The fraction of sp³-hybridized carbons (Fsp3) is 0.917. The first kappa shape index (κ1) is 11.9. The molecule has 0 bridgehead atoms. The van der Waals surface area contributed by atoms with Crippen LogP contribution in [0.25, 0.3) is 0 Å². The zero-order chi connectivity index (χ0) is 11.2. The van der Waals surface area contributed by atoms with Gasteiger partial charge in [-0.25, -0.2) is 0 Å². The van der Waals surface area contributed by atoms with E-state index in [1.807, 2.05) is 0 Å². The van der Waals surface area contributed by atoms with Gasteiger partial charge in [0, 0.05) is 6.54 Å². The Morgan fingerprint density at radius 1 is 1.31 bits per heavy atom. The second-order valence-corrected chi connectivity index (χ2v) is 4.96. The van der Waals surface area contributed by atoms with Crippen molar-refractivity contribution in [1.82, 2.24) is 10.6 Å². The predicted octanol–water partition coefficient (Wildman–Crippen LogP) is 0.529. The van der Waals surface area contributed by atoms with Crippen molar-refractivity contribution in [2.45, 2.75) is 25.7 Å². The minimum Gasteiger partial charge on any atom is -0.371 e. The predicted molar refractivity (Wildman–Crippen MR) is 62.1 cm³/mol. The number of carbonyl (C=O) groups is 1. The van der Waals surface area contributed by atoms with Gasteiger partial charge in [-0.3, -0.25) is 4.79 Å². The van der Waals surface area contributed by atoms with Crippen LogP contribution in [0.2, 0.25) is 0 Å². The molecule has 2 N–H and O–H groups in total. The van der Waals surface area contributed by atoms with E-state index in [-0.39, 0.29) is 12.5 Å². The summed E-state index contributed by atoms with van der Waals surface area (Å²) in [5.41, 5.74) is 0. The first-order chi connectivity index (χ1) is 7.84. The van der Waals surface area contributed by atoms with E-state index in [0.717, 1.165) is 44.5 Å². The summed E-state index contributed by atoms with van der Waals surface area (Å²) in [5.74, 6) is 1.51. The number of hydrogen-bond donors (Lipinski definition) is 2. The van der Waals surface area contributed by atoms with Gasteiger partial charge in [0.15, 0.2) is 0 Å². The molecule has 4 heteroatoms. The van der Waals surface area contributed by atoms with Gasteiger partial charge in [0.1, 0.15) is 6.61 Å². The summed E-state index contributed by atoms with van der Waals surface area (Å²) in [6.07, 6.45) is 4.88. The highest BCUT2D eigenvalue weighted by Gasteiger charge is 2.21. The molecule has 0 spiro atoms. The molecule has 0 aromatic carbocycles. The number of rotatable bonds is 7. The van der Waals surface area contributed by atoms with Crippen LogP contribution in [0.5, 0.6) is 0 Å². The molecule has 2 rings (SSSR count). The van der Waals surface area contributed by atoms with Gasteiger partial charge in [-0.1, -0.05) is 0 Å². The topological polar surface area (TPSA) is 50.4 Å². The Morgan fingerprint density at radius 2 is 2.19 bits per heavy atom. The average Bonchev–Trinajstić information content (AvgIpc) is 2.94. The Morgan fingerprint density at radius 3 is 2.88 bits per heavy atom. The van der Waals surface area contributed by atoms with Crippen LogP contribution in [0.3, 0.4) is 0 Å². The lowest BCUT2D eigenvalue weighted by atomic mass is 10.1. The van der Waals surface area contributed by atoms with Crippen molar-refractivity contribution < 1.29 is 9.53 Å². The zero-order valence-electron chi connectivity index (χ0n) is 9.84. The first-order valence-electron chi connectivity index (χ1n) is 6.40. The Kier molecular flexibility index (Phi) is 4.60. The van der Waals surface area contributed by atoms with E-state index < -0.39 is 0 Å². The van der Waals surface area contributed by atoms with Gasteiger partial charge in [0.05, 0.1) is 6.61 Å². The molecular weight excluding hydrogens is 204 g/mol. The summed E-state index contributed by atoms with van der Waals surface area (Å²) in [6.45, 7) is 4.02. The summed E-state index contributed by atoms with van der Waals surface area (Å²) < 4.78 is 5.32. The Balaban J connectivity index is 1.43. The van der Waals surface area contributed by atoms with Crippen molar-refractivity contribution >= 4 is 5.91 Å². The van der Waals surface area contributed by atoms with Crippen LogP contribution in [-0.4, -0.2) is 38.8 Å². The van der Waals surface area contributed by atoms with Crippen molar-refractivity contribution in [3.8, 4) is 0 Å². The van der Waals surface area contributed by atoms with Crippen molar-refractivity contribution in [3.05, 3.63) is 0 Å². The number of carbonyl (C=O) groups excluding carboxylic acids is 1. The lowest BCUT2D eigenvalue weighted by Crippen LogP contribution is -2.30. The van der Waals surface area contributed by atoms with Gasteiger partial charge >= 0.3 is 0 Å². The van der Waals surface area contributed by atoms with Crippen molar-refractivity contribution in [2.75, 3.05) is 32.8 Å². The maximum Gasteiger partial charge on any atom is 0.245 e. The molecule has 0 radical (unpaired) electrons. The SMILES string of the molecule is O=C(COCC1CC1)NCCC1CCNC1. The largest absolute Gasteiger partial charge is 0.371 e. The fourth-order valence-corrected chi connectivity index (χ4v) is 2.03. The van der Waals surface area contributed by atoms with E-state index in [4.69, 9.17) is 4.74 Å². The van der Waals surface area contributed by atoms with E-state index in [1.54, 1.807) is 0 Å². The summed E-state index contributed by atoms with van der Waals surface area (Å²) in [5, 5.41) is 6.24. The molecule has 16 heavy (non-hydrogen) atoms. The highest BCUT2D eigenvalue weighted by atomic mass is 16.5. The van der Waals surface area contributed by atoms with Crippen LogP contribution in [0.4, 0.5) is 0 Å². The highest BCUT2D eigenvalue weighted by Crippen LogP contribution is 2.28. The molecule has 2 aliphatic rings. The van der Waals surface area contributed by atoms with Crippen molar-refractivity contribution in [2.24, 2.45) is 11.8 Å². The van der Waals surface area contributed by atoms with Gasteiger partial charge in [0.2, 0.25) is 5.91 Å². The third-order valence-corrected chi connectivity index (χ3v) is 3.32. The maximum absolute atomic E-state index is 11.4. The third kappa shape index (κ3) is 4.49. The first-order valence-corrected chi connectivity index (χ1v) is 6.40. The van der Waals surface area contributed by atoms with Crippen LogP contribution < -0.4 is 10.6 Å². The van der Waals surface area contributed by atoms with E-state index >= 15 is 0 Å². The number of hydrogen-bond acceptors (Lipinski definition) is 3. The standard InChI is InChI=1S/C12H22N2O2/c15-12(9-16-8-11-1-2-11)14-6-4-10-3-5-13-7-10/h10-11,13H,1-9H2,(H,14,15). The minimum atomic E-state index is 0.0339. The van der Waals surface area contributed by atoms with Gasteiger partial charge < -0.3 is 15.4 Å². The van der Waals surface area contributed by atoms with E-state index in [1.165, 1.54) is 19.3 Å². The summed E-state index contributed by atoms with van der Waals surface area (Å²) in [7, 11) is 0. The smallest absolute Gasteiger partial charge is 0.245 e. The molecular formula is C12H22N2O2. The summed E-state index contributed by atoms with van der Waals surface area (Å²) >= 11 is 0. The molecule has 1 unspecified atom stereocenters. The second-order valence-electron chi connectivity index (χ2n) is 4.96. The summed E-state index contributed by atoms with van der Waals surface area (Å²) in [6, 6.07) is 0. The molecule has 1 aliphatic carbocycles. The lowest BCUT2D eigenvalue weighted by Gasteiger charge is -2.09. The van der Waals surface area contributed by atoms with Crippen LogP contribution in [0.15, 0.2) is 0 Å². The zero-order valence-corrected chi connectivity index (χ0v) is 9.84. The minimum absolute atomic E-state index is 0.0339. The molecule has 4 nitrogen and oxygen atoms in total. The maximum atomic E-state index is 11.4. The van der Waals surface area contributed by atoms with Crippen LogP contribution in [0, 0.1) is 11.8 Å². The van der Waals surface area contributed by atoms with E-state index in [0.29, 0.717) is 0 Å². The van der Waals surface area contributed by atoms with Crippen LogP contribution in [-0.2, 0) is 9.53 Å². The Labute approximate surface area is 97.1 Å². The van der Waals surface area contributed by atoms with Crippen LogP contribution in [0.1, 0.15) is 25.7 Å². The molecule has 1 saturated carbocycles. The molecule has 2 fully saturated rings. The molecule has 1 amide bonds. The van der Waals surface area contributed by atoms with Gasteiger partial charge in [-0.05, 0) is 50.6 Å². The highest BCUT2D eigenvalue weighted by molar-refractivity contribution is 5.77. The molecule has 0 aromatic rings.